The summed E-state index contributed by atoms with van der Waals surface area (Å²) in [7, 11) is 0. The van der Waals surface area contributed by atoms with Crippen LogP contribution in [0.1, 0.15) is 42.1 Å². The topological polar surface area (TPSA) is 49.3 Å². The molecule has 1 unspecified atom stereocenters. The van der Waals surface area contributed by atoms with Crippen LogP contribution in [0.3, 0.4) is 0 Å². The summed E-state index contributed by atoms with van der Waals surface area (Å²) in [6.07, 6.45) is 2.83. The van der Waals surface area contributed by atoms with E-state index in [-0.39, 0.29) is 12.5 Å². The van der Waals surface area contributed by atoms with Gasteiger partial charge in [-0.2, -0.15) is 0 Å². The maximum Gasteiger partial charge on any atom is 0.251 e. The fourth-order valence-corrected chi connectivity index (χ4v) is 2.39. The molecular weight excluding hydrogens is 306 g/mol. The maximum atomic E-state index is 12.0. The summed E-state index contributed by atoms with van der Waals surface area (Å²) < 4.78 is 0.945. The molecule has 0 saturated heterocycles. The highest BCUT2D eigenvalue weighted by Crippen LogP contribution is 2.17. The van der Waals surface area contributed by atoms with E-state index in [1.807, 2.05) is 25.1 Å². The molecule has 0 aliphatic carbocycles. The first-order valence-corrected chi connectivity index (χ1v) is 7.53. The molecule has 3 nitrogen and oxygen atoms in total. The second-order valence-electron chi connectivity index (χ2n) is 4.84. The van der Waals surface area contributed by atoms with Crippen molar-refractivity contribution in [3.05, 3.63) is 33.8 Å². The normalized spacial score (nSPS) is 12.2. The third kappa shape index (κ3) is 5.33. The first-order valence-electron chi connectivity index (χ1n) is 6.73. The quantitative estimate of drug-likeness (QED) is 0.807. The number of nitrogens with one attached hydrogen (secondary N) is 1. The smallest absolute Gasteiger partial charge is 0.251 e. The molecule has 2 N–H and O–H groups in total. The van der Waals surface area contributed by atoms with E-state index in [1.165, 1.54) is 0 Å². The zero-order chi connectivity index (χ0) is 14.3. The number of benzene rings is 1. The van der Waals surface area contributed by atoms with Crippen molar-refractivity contribution in [2.24, 2.45) is 5.92 Å². The van der Waals surface area contributed by atoms with Crippen LogP contribution in [0.15, 0.2) is 22.7 Å². The number of aliphatic hydroxyl groups excluding tert-OH is 1. The van der Waals surface area contributed by atoms with Crippen LogP contribution < -0.4 is 5.32 Å². The number of hydrogen-bond donors (Lipinski definition) is 2. The van der Waals surface area contributed by atoms with Crippen molar-refractivity contribution >= 4 is 21.8 Å². The molecule has 0 radical (unpaired) electrons. The SMILES string of the molecule is CCCC(CCO)CNC(=O)c1ccc(C)c(Br)c1. The van der Waals surface area contributed by atoms with Gasteiger partial charge in [0.2, 0.25) is 0 Å². The van der Waals surface area contributed by atoms with E-state index in [0.29, 0.717) is 18.0 Å². The van der Waals surface area contributed by atoms with Gasteiger partial charge in [-0.05, 0) is 43.4 Å². The van der Waals surface area contributed by atoms with Crippen molar-refractivity contribution in [1.29, 1.82) is 0 Å². The second-order valence-corrected chi connectivity index (χ2v) is 5.70. The van der Waals surface area contributed by atoms with Gasteiger partial charge in [-0.15, -0.1) is 0 Å². The molecular formula is C15H22BrNO2. The number of amides is 1. The van der Waals surface area contributed by atoms with E-state index in [2.05, 4.69) is 28.2 Å². The molecule has 106 valence electrons. The molecule has 0 aliphatic heterocycles. The Hall–Kier alpha value is -0.870. The van der Waals surface area contributed by atoms with Gasteiger partial charge in [0.25, 0.3) is 5.91 Å². The highest BCUT2D eigenvalue weighted by atomic mass is 79.9. The molecule has 0 heterocycles. The van der Waals surface area contributed by atoms with Crippen molar-refractivity contribution in [2.75, 3.05) is 13.2 Å². The Morgan fingerprint density at radius 3 is 2.74 bits per heavy atom. The van der Waals surface area contributed by atoms with Gasteiger partial charge in [0, 0.05) is 23.2 Å². The van der Waals surface area contributed by atoms with Gasteiger partial charge in [-0.1, -0.05) is 35.3 Å². The standard InChI is InChI=1S/C15H22BrNO2/c1-3-4-12(7-8-18)10-17-15(19)13-6-5-11(2)14(16)9-13/h5-6,9,12,18H,3-4,7-8,10H2,1-2H3,(H,17,19). The van der Waals surface area contributed by atoms with E-state index >= 15 is 0 Å². The van der Waals surface area contributed by atoms with Crippen molar-refractivity contribution < 1.29 is 9.90 Å². The minimum Gasteiger partial charge on any atom is -0.396 e. The average Bonchev–Trinajstić information content (AvgIpc) is 2.39. The molecule has 1 aromatic rings. The summed E-state index contributed by atoms with van der Waals surface area (Å²) in [6.45, 7) is 4.91. The van der Waals surface area contributed by atoms with E-state index in [0.717, 1.165) is 29.3 Å². The number of halogens is 1. The molecule has 4 heteroatoms. The fraction of sp³-hybridized carbons (Fsp3) is 0.533. The van der Waals surface area contributed by atoms with Gasteiger partial charge in [0.15, 0.2) is 0 Å². The van der Waals surface area contributed by atoms with Crippen molar-refractivity contribution in [1.82, 2.24) is 5.32 Å². The number of hydrogen-bond acceptors (Lipinski definition) is 2. The monoisotopic (exact) mass is 327 g/mol. The van der Waals surface area contributed by atoms with Gasteiger partial charge in [-0.25, -0.2) is 0 Å². The van der Waals surface area contributed by atoms with Crippen molar-refractivity contribution in [2.45, 2.75) is 33.1 Å². The predicted molar refractivity (Wildman–Crippen MR) is 81.3 cm³/mol. The summed E-state index contributed by atoms with van der Waals surface area (Å²) in [5.74, 6) is 0.299. The molecule has 0 spiro atoms. The van der Waals surface area contributed by atoms with Crippen LogP contribution in [0.25, 0.3) is 0 Å². The summed E-state index contributed by atoms with van der Waals surface area (Å²) in [4.78, 5) is 12.0. The first kappa shape index (κ1) is 16.2. The zero-order valence-corrected chi connectivity index (χ0v) is 13.2. The lowest BCUT2D eigenvalue weighted by molar-refractivity contribution is 0.0943. The third-order valence-electron chi connectivity index (χ3n) is 3.22. The number of aliphatic hydroxyl groups is 1. The Kier molecular flexibility index (Phi) is 7.10. The number of rotatable bonds is 7. The molecule has 1 rings (SSSR count). The van der Waals surface area contributed by atoms with Crippen LogP contribution in [-0.2, 0) is 0 Å². The Balaban J connectivity index is 2.56. The lowest BCUT2D eigenvalue weighted by Crippen LogP contribution is -2.29. The maximum absolute atomic E-state index is 12.0. The molecule has 0 fully saturated rings. The number of carbonyl (C=O) groups is 1. The van der Waals surface area contributed by atoms with Gasteiger partial charge in [0.05, 0.1) is 0 Å². The fourth-order valence-electron chi connectivity index (χ4n) is 2.01. The average molecular weight is 328 g/mol. The summed E-state index contributed by atoms with van der Waals surface area (Å²) in [5, 5.41) is 11.9. The zero-order valence-electron chi connectivity index (χ0n) is 11.6. The third-order valence-corrected chi connectivity index (χ3v) is 4.07. The van der Waals surface area contributed by atoms with Crippen LogP contribution in [0.4, 0.5) is 0 Å². The van der Waals surface area contributed by atoms with Crippen molar-refractivity contribution in [3.63, 3.8) is 0 Å². The van der Waals surface area contributed by atoms with Gasteiger partial charge >= 0.3 is 0 Å². The molecule has 0 aliphatic rings. The van der Waals surface area contributed by atoms with E-state index in [1.54, 1.807) is 0 Å². The molecule has 1 atom stereocenters. The molecule has 19 heavy (non-hydrogen) atoms. The summed E-state index contributed by atoms with van der Waals surface area (Å²) in [6, 6.07) is 5.60. The lowest BCUT2D eigenvalue weighted by Gasteiger charge is -2.15. The number of aryl methyl sites for hydroxylation is 1. The van der Waals surface area contributed by atoms with Crippen LogP contribution in [-0.4, -0.2) is 24.2 Å². The van der Waals surface area contributed by atoms with Crippen LogP contribution in [0.5, 0.6) is 0 Å². The highest BCUT2D eigenvalue weighted by Gasteiger charge is 2.11. The molecule has 0 saturated carbocycles. The molecule has 1 aromatic carbocycles. The Morgan fingerprint density at radius 2 is 2.16 bits per heavy atom. The van der Waals surface area contributed by atoms with E-state index < -0.39 is 0 Å². The Bertz CT molecular complexity index is 415. The Labute approximate surface area is 123 Å². The largest absolute Gasteiger partial charge is 0.396 e. The number of carbonyl (C=O) groups excluding carboxylic acids is 1. The summed E-state index contributed by atoms with van der Waals surface area (Å²) >= 11 is 3.43. The lowest BCUT2D eigenvalue weighted by atomic mass is 10.00. The van der Waals surface area contributed by atoms with Crippen LogP contribution in [0.2, 0.25) is 0 Å². The van der Waals surface area contributed by atoms with Gasteiger partial charge < -0.3 is 10.4 Å². The summed E-state index contributed by atoms with van der Waals surface area (Å²) in [5.41, 5.74) is 1.78. The van der Waals surface area contributed by atoms with Crippen LogP contribution in [0, 0.1) is 12.8 Å². The minimum atomic E-state index is -0.0558. The van der Waals surface area contributed by atoms with Gasteiger partial charge in [-0.3, -0.25) is 4.79 Å². The van der Waals surface area contributed by atoms with Crippen molar-refractivity contribution in [3.8, 4) is 0 Å². The molecule has 1 amide bonds. The Morgan fingerprint density at radius 1 is 1.42 bits per heavy atom. The van der Waals surface area contributed by atoms with Gasteiger partial charge in [0.1, 0.15) is 0 Å². The highest BCUT2D eigenvalue weighted by molar-refractivity contribution is 9.10. The molecule has 0 bridgehead atoms. The minimum absolute atomic E-state index is 0.0558. The molecule has 0 aromatic heterocycles. The first-order chi connectivity index (χ1) is 9.08. The van der Waals surface area contributed by atoms with Crippen LogP contribution >= 0.6 is 15.9 Å². The van der Waals surface area contributed by atoms with E-state index in [4.69, 9.17) is 5.11 Å². The predicted octanol–water partition coefficient (Wildman–Crippen LogP) is 3.29. The van der Waals surface area contributed by atoms with E-state index in [9.17, 15) is 4.79 Å². The second kappa shape index (κ2) is 8.33.